The summed E-state index contributed by atoms with van der Waals surface area (Å²) in [5.74, 6) is -4.15. The maximum atomic E-state index is 14.9. The molecule has 44 heavy (non-hydrogen) atoms. The first-order chi connectivity index (χ1) is 20.3. The molecule has 2 aromatic rings. The molecule has 2 unspecified atom stereocenters. The molecule has 1 aliphatic carbocycles. The lowest BCUT2D eigenvalue weighted by Crippen LogP contribution is -2.51. The summed E-state index contributed by atoms with van der Waals surface area (Å²) in [5, 5.41) is 2.11. The Labute approximate surface area is 245 Å². The molecular weight excluding hydrogens is 628 g/mol. The van der Waals surface area contributed by atoms with Crippen LogP contribution in [0.15, 0.2) is 47.4 Å². The molecule has 2 saturated heterocycles. The average Bonchev–Trinajstić information content (AvgIpc) is 3.33. The second kappa shape index (κ2) is 10.5. The molecular formula is C28H24F8N2O5S. The van der Waals surface area contributed by atoms with Crippen LogP contribution in [0.2, 0.25) is 0 Å². The Balaban J connectivity index is 1.61. The fraction of sp³-hybridized carbons (Fsp3) is 0.464. The number of fused-ring (bicyclic) bond motifs is 3. The zero-order chi connectivity index (χ0) is 32.5. The Hall–Kier alpha value is -3.56. The number of nitrogens with one attached hydrogen (secondary N) is 1. The van der Waals surface area contributed by atoms with Crippen molar-refractivity contribution >= 4 is 27.6 Å². The van der Waals surface area contributed by atoms with Crippen LogP contribution in [0.5, 0.6) is 0 Å². The van der Waals surface area contributed by atoms with Crippen molar-refractivity contribution in [3.8, 4) is 0 Å². The first-order valence-corrected chi connectivity index (χ1v) is 14.9. The molecule has 3 amide bonds. The number of sulfone groups is 1. The first kappa shape index (κ1) is 31.9. The van der Waals surface area contributed by atoms with E-state index in [1.54, 1.807) is 0 Å². The number of amides is 3. The van der Waals surface area contributed by atoms with Crippen molar-refractivity contribution in [2.45, 2.75) is 59.8 Å². The lowest BCUT2D eigenvalue weighted by molar-refractivity contribution is -0.348. The van der Waals surface area contributed by atoms with E-state index in [0.717, 1.165) is 30.3 Å². The van der Waals surface area contributed by atoms with Crippen LogP contribution in [0.4, 0.5) is 35.1 Å². The van der Waals surface area contributed by atoms with Crippen molar-refractivity contribution in [2.24, 2.45) is 11.8 Å². The Morgan fingerprint density at radius 3 is 2.09 bits per heavy atom. The van der Waals surface area contributed by atoms with Gasteiger partial charge in [-0.15, -0.1) is 0 Å². The largest absolute Gasteiger partial charge is 0.435 e. The number of rotatable bonds is 5. The van der Waals surface area contributed by atoms with Crippen LogP contribution < -0.4 is 5.32 Å². The van der Waals surface area contributed by atoms with Gasteiger partial charge in [-0.3, -0.25) is 19.7 Å². The van der Waals surface area contributed by atoms with Crippen molar-refractivity contribution < 1.29 is 57.9 Å². The van der Waals surface area contributed by atoms with E-state index < -0.39 is 85.0 Å². The third-order valence-electron chi connectivity index (χ3n) is 8.67. The summed E-state index contributed by atoms with van der Waals surface area (Å²) >= 11 is 0. The van der Waals surface area contributed by atoms with Crippen molar-refractivity contribution in [2.75, 3.05) is 13.1 Å². The highest BCUT2D eigenvalue weighted by Crippen LogP contribution is 2.56. The van der Waals surface area contributed by atoms with Gasteiger partial charge in [0.05, 0.1) is 4.90 Å². The van der Waals surface area contributed by atoms with E-state index in [2.05, 4.69) is 5.32 Å². The van der Waals surface area contributed by atoms with E-state index in [1.165, 1.54) is 4.90 Å². The molecule has 0 radical (unpaired) electrons. The number of aryl methyl sites for hydroxylation is 1. The van der Waals surface area contributed by atoms with Gasteiger partial charge in [0.2, 0.25) is 17.7 Å². The van der Waals surface area contributed by atoms with Gasteiger partial charge in [-0.2, -0.15) is 26.3 Å². The van der Waals surface area contributed by atoms with E-state index in [9.17, 15) is 57.9 Å². The minimum Gasteiger partial charge on any atom is -0.340 e. The molecule has 0 aromatic heterocycles. The van der Waals surface area contributed by atoms with E-state index >= 15 is 0 Å². The van der Waals surface area contributed by atoms with Crippen LogP contribution in [0, 0.1) is 17.7 Å². The summed E-state index contributed by atoms with van der Waals surface area (Å²) in [6, 6.07) is 4.97. The molecule has 238 valence electrons. The summed E-state index contributed by atoms with van der Waals surface area (Å²) in [5.41, 5.74) is -7.98. The van der Waals surface area contributed by atoms with E-state index in [0.29, 0.717) is 6.07 Å². The summed E-state index contributed by atoms with van der Waals surface area (Å²) < 4.78 is 136. The second-order valence-electron chi connectivity index (χ2n) is 11.3. The third-order valence-corrected chi connectivity index (χ3v) is 11.2. The number of benzene rings is 2. The van der Waals surface area contributed by atoms with Crippen LogP contribution in [0.3, 0.4) is 0 Å². The van der Waals surface area contributed by atoms with Crippen LogP contribution in [-0.2, 0) is 41.1 Å². The molecule has 5 rings (SSSR count). The Bertz CT molecular complexity index is 1590. The van der Waals surface area contributed by atoms with Gasteiger partial charge >= 0.3 is 18.0 Å². The van der Waals surface area contributed by atoms with Gasteiger partial charge in [-0.05, 0) is 54.2 Å². The molecule has 3 aliphatic rings. The minimum atomic E-state index is -6.39. The van der Waals surface area contributed by atoms with E-state index in [4.69, 9.17) is 0 Å². The maximum absolute atomic E-state index is 14.9. The number of halogens is 8. The van der Waals surface area contributed by atoms with Crippen molar-refractivity contribution in [3.63, 3.8) is 0 Å². The van der Waals surface area contributed by atoms with Gasteiger partial charge in [-0.25, -0.2) is 17.2 Å². The van der Waals surface area contributed by atoms with E-state index in [-0.39, 0.29) is 55.8 Å². The van der Waals surface area contributed by atoms with Gasteiger partial charge < -0.3 is 4.90 Å². The quantitative estimate of drug-likeness (QED) is 0.289. The lowest BCUT2D eigenvalue weighted by Gasteiger charge is -2.40. The first-order valence-electron chi connectivity index (χ1n) is 13.4. The summed E-state index contributed by atoms with van der Waals surface area (Å²) in [6.07, 6.45) is -13.7. The molecule has 2 heterocycles. The summed E-state index contributed by atoms with van der Waals surface area (Å²) in [4.78, 5) is 37.7. The van der Waals surface area contributed by atoms with Crippen LogP contribution in [-0.4, -0.2) is 56.5 Å². The lowest BCUT2D eigenvalue weighted by atomic mass is 9.75. The van der Waals surface area contributed by atoms with Gasteiger partial charge in [0, 0.05) is 43.8 Å². The van der Waals surface area contributed by atoms with E-state index in [1.807, 2.05) is 0 Å². The number of imide groups is 1. The molecule has 2 atom stereocenters. The predicted molar refractivity (Wildman–Crippen MR) is 135 cm³/mol. The number of carbonyl (C=O) groups is 3. The van der Waals surface area contributed by atoms with Crippen LogP contribution in [0.25, 0.3) is 0 Å². The minimum absolute atomic E-state index is 0.109. The predicted octanol–water partition coefficient (Wildman–Crippen LogP) is 4.63. The van der Waals surface area contributed by atoms with Crippen molar-refractivity contribution in [1.29, 1.82) is 0 Å². The Kier molecular flexibility index (Phi) is 7.61. The van der Waals surface area contributed by atoms with Gasteiger partial charge in [-0.1, -0.05) is 18.2 Å². The number of alkyl halides is 7. The van der Waals surface area contributed by atoms with Gasteiger partial charge in [0.15, 0.2) is 9.84 Å². The molecule has 16 heteroatoms. The SMILES string of the molecule is O=C1CC(CC(=O)N2CC3CCc4cc(C(F)(C(F)(F)F)C(F)(F)F)ccc4C3(S(=O)(=O)c3ccc(F)cc3)C2)CC(=O)N1. The second-order valence-corrected chi connectivity index (χ2v) is 13.5. The fourth-order valence-corrected chi connectivity index (χ4v) is 8.96. The molecule has 0 spiro atoms. The van der Waals surface area contributed by atoms with Crippen LogP contribution >= 0.6 is 0 Å². The molecule has 2 aliphatic heterocycles. The highest BCUT2D eigenvalue weighted by molar-refractivity contribution is 7.92. The normalized spacial score (nSPS) is 23.3. The Morgan fingerprint density at radius 2 is 1.52 bits per heavy atom. The highest BCUT2D eigenvalue weighted by Gasteiger charge is 2.73. The highest BCUT2D eigenvalue weighted by atomic mass is 32.2. The number of piperidine rings is 1. The van der Waals surface area contributed by atoms with Gasteiger partial charge in [0.25, 0.3) is 0 Å². The number of nitrogens with zero attached hydrogens (tertiary/aromatic N) is 1. The number of hydrogen-bond acceptors (Lipinski definition) is 5. The average molecular weight is 653 g/mol. The zero-order valence-electron chi connectivity index (χ0n) is 22.6. The smallest absolute Gasteiger partial charge is 0.340 e. The summed E-state index contributed by atoms with van der Waals surface area (Å²) in [7, 11) is -4.63. The fourth-order valence-electron chi connectivity index (χ4n) is 6.60. The number of carbonyl (C=O) groups excluding carboxylic acids is 3. The zero-order valence-corrected chi connectivity index (χ0v) is 23.4. The van der Waals surface area contributed by atoms with Crippen molar-refractivity contribution in [1.82, 2.24) is 10.2 Å². The van der Waals surface area contributed by atoms with Gasteiger partial charge in [0.1, 0.15) is 10.6 Å². The standard InChI is InChI=1S/C28H24F8N2O5S/c29-19-4-6-20(7-5-19)44(42,43)25-14-38(24(41)11-15-9-22(39)37-23(40)10-15)13-18(25)2-1-16-12-17(3-8-21(16)25)26(30,27(31,32)33)28(34,35)36/h3-8,12,15,18H,1-2,9-11,13-14H2,(H,37,39,40). The molecule has 2 aromatic carbocycles. The maximum Gasteiger partial charge on any atom is 0.435 e. The number of hydrogen-bond donors (Lipinski definition) is 1. The third kappa shape index (κ3) is 4.94. The molecule has 0 bridgehead atoms. The topological polar surface area (TPSA) is 101 Å². The summed E-state index contributed by atoms with van der Waals surface area (Å²) in [6.45, 7) is -0.750. The van der Waals surface area contributed by atoms with Crippen molar-refractivity contribution in [3.05, 3.63) is 65.0 Å². The molecule has 0 saturated carbocycles. The molecule has 1 N–H and O–H groups in total. The molecule has 7 nitrogen and oxygen atoms in total. The number of likely N-dealkylation sites (tertiary alicyclic amines) is 1. The Morgan fingerprint density at radius 1 is 0.932 bits per heavy atom. The molecule has 2 fully saturated rings. The van der Waals surface area contributed by atoms with Crippen LogP contribution in [0.1, 0.15) is 42.4 Å². The monoisotopic (exact) mass is 652 g/mol.